The zero-order valence-electron chi connectivity index (χ0n) is 18.0. The maximum Gasteiger partial charge on any atom is 0.407 e. The molecule has 1 aliphatic rings. The number of carbonyl (C=O) groups excluding carboxylic acids is 1. The SMILES string of the molecule is O=C(NCCC(O)C(O)c1ccc(O)c([N+](=O)[O-])n1)OCC1c2ccccc2-c2ccccc21. The smallest absolute Gasteiger partial charge is 0.407 e. The van der Waals surface area contributed by atoms with Crippen LogP contribution in [0.25, 0.3) is 11.1 Å². The molecule has 10 heteroatoms. The average molecular weight is 465 g/mol. The van der Waals surface area contributed by atoms with E-state index in [9.17, 15) is 30.2 Å². The number of alkyl carbamates (subject to hydrolysis) is 1. The summed E-state index contributed by atoms with van der Waals surface area (Å²) in [5.74, 6) is -1.55. The predicted molar refractivity (Wildman–Crippen MR) is 121 cm³/mol. The first-order chi connectivity index (χ1) is 16.4. The van der Waals surface area contributed by atoms with Crippen LogP contribution in [0.15, 0.2) is 60.7 Å². The fourth-order valence-corrected chi connectivity index (χ4v) is 4.08. The van der Waals surface area contributed by atoms with Crippen LogP contribution in [0.1, 0.15) is 35.3 Å². The van der Waals surface area contributed by atoms with Crippen molar-refractivity contribution in [2.75, 3.05) is 13.2 Å². The number of amides is 1. The molecule has 2 aromatic carbocycles. The first kappa shape index (κ1) is 23.1. The van der Waals surface area contributed by atoms with Gasteiger partial charge in [-0.25, -0.2) is 4.79 Å². The highest BCUT2D eigenvalue weighted by molar-refractivity contribution is 5.79. The van der Waals surface area contributed by atoms with Crippen LogP contribution < -0.4 is 5.32 Å². The van der Waals surface area contributed by atoms with Crippen LogP contribution >= 0.6 is 0 Å². The number of hydrogen-bond donors (Lipinski definition) is 4. The lowest BCUT2D eigenvalue weighted by molar-refractivity contribution is -0.390. The average Bonchev–Trinajstić information content (AvgIpc) is 3.16. The zero-order valence-corrected chi connectivity index (χ0v) is 18.0. The van der Waals surface area contributed by atoms with Gasteiger partial charge in [-0.05, 0) is 50.7 Å². The second-order valence-corrected chi connectivity index (χ2v) is 7.89. The number of carbonyl (C=O) groups is 1. The monoisotopic (exact) mass is 465 g/mol. The first-order valence-corrected chi connectivity index (χ1v) is 10.7. The molecule has 4 N–H and O–H groups in total. The molecule has 0 aliphatic heterocycles. The Bertz CT molecular complexity index is 1170. The normalized spacial score (nSPS) is 14.1. The van der Waals surface area contributed by atoms with Gasteiger partial charge in [0.15, 0.2) is 5.69 Å². The predicted octanol–water partition coefficient (Wildman–Crippen LogP) is 3.02. The van der Waals surface area contributed by atoms with Gasteiger partial charge in [0.25, 0.3) is 0 Å². The largest absolute Gasteiger partial charge is 0.501 e. The third-order valence-electron chi connectivity index (χ3n) is 5.77. The van der Waals surface area contributed by atoms with Gasteiger partial charge in [-0.15, -0.1) is 0 Å². The summed E-state index contributed by atoms with van der Waals surface area (Å²) in [7, 11) is 0. The maximum atomic E-state index is 12.2. The van der Waals surface area contributed by atoms with Crippen molar-refractivity contribution in [2.24, 2.45) is 0 Å². The van der Waals surface area contributed by atoms with Crippen molar-refractivity contribution >= 4 is 11.9 Å². The third kappa shape index (κ3) is 4.68. The molecule has 0 fully saturated rings. The maximum absolute atomic E-state index is 12.2. The zero-order chi connectivity index (χ0) is 24.2. The van der Waals surface area contributed by atoms with Crippen molar-refractivity contribution in [3.63, 3.8) is 0 Å². The number of aliphatic hydroxyl groups is 2. The number of pyridine rings is 1. The lowest BCUT2D eigenvalue weighted by Gasteiger charge is -2.17. The molecule has 1 amide bonds. The summed E-state index contributed by atoms with van der Waals surface area (Å²) in [6, 6.07) is 18.1. The molecule has 2 unspecified atom stereocenters. The van der Waals surface area contributed by atoms with E-state index in [0.717, 1.165) is 28.3 Å². The minimum Gasteiger partial charge on any atom is -0.501 e. The van der Waals surface area contributed by atoms with Crippen molar-refractivity contribution in [1.29, 1.82) is 0 Å². The van der Waals surface area contributed by atoms with E-state index in [1.807, 2.05) is 48.5 Å². The van der Waals surface area contributed by atoms with Gasteiger partial charge in [0.05, 0.1) is 6.10 Å². The Morgan fingerprint density at radius 2 is 1.68 bits per heavy atom. The van der Waals surface area contributed by atoms with Crippen LogP contribution in [0.5, 0.6) is 5.75 Å². The number of nitrogens with zero attached hydrogens (tertiary/aromatic N) is 2. The molecule has 0 saturated heterocycles. The number of fused-ring (bicyclic) bond motifs is 3. The molecule has 0 saturated carbocycles. The number of aromatic hydroxyl groups is 1. The second kappa shape index (κ2) is 9.86. The number of nitrogens with one attached hydrogen (secondary N) is 1. The van der Waals surface area contributed by atoms with Crippen molar-refractivity contribution in [3.05, 3.63) is 87.6 Å². The number of rotatable bonds is 8. The summed E-state index contributed by atoms with van der Waals surface area (Å²) in [5, 5.41) is 43.3. The van der Waals surface area contributed by atoms with E-state index in [-0.39, 0.29) is 31.2 Å². The van der Waals surface area contributed by atoms with E-state index in [4.69, 9.17) is 4.74 Å². The van der Waals surface area contributed by atoms with Gasteiger partial charge in [-0.1, -0.05) is 48.5 Å². The lowest BCUT2D eigenvalue weighted by Crippen LogP contribution is -2.31. The number of hydrogen-bond acceptors (Lipinski definition) is 8. The molecule has 34 heavy (non-hydrogen) atoms. The van der Waals surface area contributed by atoms with Crippen LogP contribution in [-0.2, 0) is 4.74 Å². The molecule has 1 heterocycles. The highest BCUT2D eigenvalue weighted by atomic mass is 16.6. The molecule has 176 valence electrons. The fraction of sp³-hybridized carbons (Fsp3) is 0.250. The molecular weight excluding hydrogens is 442 g/mol. The fourth-order valence-electron chi connectivity index (χ4n) is 4.08. The molecule has 3 aromatic rings. The standard InChI is InChI=1S/C24H23N3O7/c28-20(22(30)19-9-10-21(29)23(26-19)27(32)33)11-12-25-24(31)34-13-18-16-7-3-1-5-14(16)15-6-2-4-8-17(15)18/h1-10,18,20,22,28-30H,11-13H2,(H,25,31). The Labute approximate surface area is 194 Å². The number of benzene rings is 2. The number of ether oxygens (including phenoxy) is 1. The van der Waals surface area contributed by atoms with Crippen LogP contribution in [-0.4, -0.2) is 50.6 Å². The summed E-state index contributed by atoms with van der Waals surface area (Å²) in [6.45, 7) is 0.140. The van der Waals surface area contributed by atoms with E-state index >= 15 is 0 Å². The van der Waals surface area contributed by atoms with Gasteiger partial charge in [0, 0.05) is 12.5 Å². The Hall–Kier alpha value is -4.02. The van der Waals surface area contributed by atoms with Crippen LogP contribution in [0.3, 0.4) is 0 Å². The van der Waals surface area contributed by atoms with Crippen molar-refractivity contribution in [2.45, 2.75) is 24.5 Å². The third-order valence-corrected chi connectivity index (χ3v) is 5.77. The van der Waals surface area contributed by atoms with E-state index in [1.54, 1.807) is 0 Å². The van der Waals surface area contributed by atoms with Gasteiger partial charge >= 0.3 is 11.9 Å². The minimum atomic E-state index is -1.54. The lowest BCUT2D eigenvalue weighted by atomic mass is 9.98. The molecule has 0 bridgehead atoms. The Kier molecular flexibility index (Phi) is 6.71. The van der Waals surface area contributed by atoms with Gasteiger partial charge in [0.1, 0.15) is 12.7 Å². The molecular formula is C24H23N3O7. The summed E-state index contributed by atoms with van der Waals surface area (Å²) < 4.78 is 5.41. The summed E-state index contributed by atoms with van der Waals surface area (Å²) in [6.07, 6.45) is -3.61. The summed E-state index contributed by atoms with van der Waals surface area (Å²) in [5.41, 5.74) is 4.24. The molecule has 10 nitrogen and oxygen atoms in total. The summed E-state index contributed by atoms with van der Waals surface area (Å²) in [4.78, 5) is 25.8. The van der Waals surface area contributed by atoms with Gasteiger partial charge in [-0.2, -0.15) is 0 Å². The number of aromatic nitrogens is 1. The highest BCUT2D eigenvalue weighted by Gasteiger charge is 2.29. The first-order valence-electron chi connectivity index (χ1n) is 10.7. The van der Waals surface area contributed by atoms with Crippen LogP contribution in [0.4, 0.5) is 10.6 Å². The molecule has 0 radical (unpaired) electrons. The summed E-state index contributed by atoms with van der Waals surface area (Å²) >= 11 is 0. The van der Waals surface area contributed by atoms with E-state index in [2.05, 4.69) is 10.3 Å². The van der Waals surface area contributed by atoms with E-state index < -0.39 is 34.8 Å². The highest BCUT2D eigenvalue weighted by Crippen LogP contribution is 2.44. The molecule has 0 spiro atoms. The van der Waals surface area contributed by atoms with Gasteiger partial charge in [0.2, 0.25) is 5.75 Å². The number of aliphatic hydroxyl groups excluding tert-OH is 2. The van der Waals surface area contributed by atoms with Gasteiger partial charge in [-0.3, -0.25) is 0 Å². The quantitative estimate of drug-likeness (QED) is 0.292. The molecule has 4 rings (SSSR count). The molecule has 1 aromatic heterocycles. The van der Waals surface area contributed by atoms with E-state index in [1.165, 1.54) is 6.07 Å². The Morgan fingerprint density at radius 3 is 2.29 bits per heavy atom. The topological polar surface area (TPSA) is 155 Å². The number of nitro groups is 1. The molecule has 1 aliphatic carbocycles. The van der Waals surface area contributed by atoms with Gasteiger partial charge < -0.3 is 35.5 Å². The van der Waals surface area contributed by atoms with Crippen molar-refractivity contribution in [1.82, 2.24) is 10.3 Å². The van der Waals surface area contributed by atoms with Crippen molar-refractivity contribution < 1.29 is 29.8 Å². The minimum absolute atomic E-state index is 0.00488. The van der Waals surface area contributed by atoms with Crippen molar-refractivity contribution in [3.8, 4) is 16.9 Å². The second-order valence-electron chi connectivity index (χ2n) is 7.89. The molecule has 2 atom stereocenters. The van der Waals surface area contributed by atoms with E-state index in [0.29, 0.717) is 0 Å². The Morgan fingerprint density at radius 1 is 1.06 bits per heavy atom. The Balaban J connectivity index is 1.29. The van der Waals surface area contributed by atoms with Crippen LogP contribution in [0, 0.1) is 10.1 Å². The van der Waals surface area contributed by atoms with Crippen LogP contribution in [0.2, 0.25) is 0 Å².